The van der Waals surface area contributed by atoms with Gasteiger partial charge < -0.3 is 5.73 Å². The van der Waals surface area contributed by atoms with Crippen LogP contribution >= 0.6 is 15.9 Å². The molecule has 0 unspecified atom stereocenters. The first-order valence-electron chi connectivity index (χ1n) is 4.49. The van der Waals surface area contributed by atoms with Crippen LogP contribution in [-0.4, -0.2) is 9.97 Å². The van der Waals surface area contributed by atoms with Crippen LogP contribution in [0.5, 0.6) is 0 Å². The molecule has 0 fully saturated rings. The largest absolute Gasteiger partial charge is 0.384 e. The molecule has 78 valence electrons. The highest BCUT2D eigenvalue weighted by Gasteiger charge is 2.04. The highest BCUT2D eigenvalue weighted by Crippen LogP contribution is 2.19. The van der Waals surface area contributed by atoms with E-state index in [1.165, 1.54) is 6.07 Å². The van der Waals surface area contributed by atoms with Gasteiger partial charge in [-0.3, -0.25) is 0 Å². The summed E-state index contributed by atoms with van der Waals surface area (Å²) in [6, 6.07) is 10.9. The van der Waals surface area contributed by atoms with Crippen molar-refractivity contribution in [2.75, 3.05) is 5.73 Å². The lowest BCUT2D eigenvalue weighted by Crippen LogP contribution is -1.97. The van der Waals surface area contributed by atoms with Crippen LogP contribution in [0, 0.1) is 11.3 Å². The number of nitrogens with zero attached hydrogens (tertiary/aromatic N) is 3. The number of aromatic nitrogens is 2. The molecule has 0 saturated carbocycles. The summed E-state index contributed by atoms with van der Waals surface area (Å²) in [7, 11) is 0. The molecule has 0 aliphatic carbocycles. The first-order chi connectivity index (χ1) is 7.69. The van der Waals surface area contributed by atoms with E-state index in [2.05, 4.69) is 25.9 Å². The number of nitrogen functional groups attached to an aromatic ring is 1. The molecule has 0 radical (unpaired) electrons. The Labute approximate surface area is 101 Å². The van der Waals surface area contributed by atoms with Crippen molar-refractivity contribution in [3.05, 3.63) is 40.5 Å². The van der Waals surface area contributed by atoms with Crippen molar-refractivity contribution in [1.29, 1.82) is 5.26 Å². The van der Waals surface area contributed by atoms with Crippen molar-refractivity contribution in [3.63, 3.8) is 0 Å². The lowest BCUT2D eigenvalue weighted by Gasteiger charge is -2.01. The summed E-state index contributed by atoms with van der Waals surface area (Å²) in [6.45, 7) is 0. The molecule has 0 atom stereocenters. The zero-order valence-corrected chi connectivity index (χ0v) is 9.77. The Morgan fingerprint density at radius 1 is 1.19 bits per heavy atom. The molecule has 2 aromatic rings. The van der Waals surface area contributed by atoms with Crippen LogP contribution in [-0.2, 0) is 0 Å². The quantitative estimate of drug-likeness (QED) is 0.866. The fraction of sp³-hybridized carbons (Fsp3) is 0. The molecule has 1 heterocycles. The van der Waals surface area contributed by atoms with Gasteiger partial charge in [-0.15, -0.1) is 0 Å². The van der Waals surface area contributed by atoms with Crippen LogP contribution in [0.25, 0.3) is 11.4 Å². The standard InChI is InChI=1S/C11H7BrN4/c12-8-3-1-7(2-4-8)11-15-9(6-13)5-10(14)16-11/h1-5H,(H2,14,15,16). The van der Waals surface area contributed by atoms with Gasteiger partial charge in [0.1, 0.15) is 17.6 Å². The fourth-order valence-corrected chi connectivity index (χ4v) is 1.52. The number of hydrogen-bond donors (Lipinski definition) is 1. The summed E-state index contributed by atoms with van der Waals surface area (Å²) >= 11 is 3.34. The molecule has 1 aromatic heterocycles. The average Bonchev–Trinajstić information content (AvgIpc) is 2.29. The van der Waals surface area contributed by atoms with E-state index in [9.17, 15) is 0 Å². The van der Waals surface area contributed by atoms with E-state index < -0.39 is 0 Å². The van der Waals surface area contributed by atoms with E-state index in [-0.39, 0.29) is 5.69 Å². The number of hydrogen-bond acceptors (Lipinski definition) is 4. The molecule has 2 rings (SSSR count). The molecule has 0 spiro atoms. The van der Waals surface area contributed by atoms with Crippen LogP contribution in [0.4, 0.5) is 5.82 Å². The maximum absolute atomic E-state index is 8.77. The molecule has 0 aliphatic heterocycles. The van der Waals surface area contributed by atoms with E-state index in [0.717, 1.165) is 10.0 Å². The van der Waals surface area contributed by atoms with Crippen LogP contribution in [0.1, 0.15) is 5.69 Å². The second-order valence-corrected chi connectivity index (χ2v) is 4.04. The van der Waals surface area contributed by atoms with Crippen LogP contribution in [0.3, 0.4) is 0 Å². The molecule has 0 aliphatic rings. The second kappa shape index (κ2) is 4.29. The van der Waals surface area contributed by atoms with Crippen molar-refractivity contribution in [2.24, 2.45) is 0 Å². The molecular weight excluding hydrogens is 268 g/mol. The van der Waals surface area contributed by atoms with Gasteiger partial charge in [-0.2, -0.15) is 5.26 Å². The van der Waals surface area contributed by atoms with Crippen LogP contribution in [0.15, 0.2) is 34.8 Å². The summed E-state index contributed by atoms with van der Waals surface area (Å²) in [4.78, 5) is 8.17. The van der Waals surface area contributed by atoms with E-state index in [1.807, 2.05) is 30.3 Å². The number of rotatable bonds is 1. The van der Waals surface area contributed by atoms with E-state index in [4.69, 9.17) is 11.0 Å². The van der Waals surface area contributed by atoms with Gasteiger partial charge in [0.2, 0.25) is 0 Å². The van der Waals surface area contributed by atoms with Gasteiger partial charge in [0.25, 0.3) is 0 Å². The predicted molar refractivity (Wildman–Crippen MR) is 64.3 cm³/mol. The fourth-order valence-electron chi connectivity index (χ4n) is 1.25. The first kappa shape index (κ1) is 10.6. The molecule has 5 heteroatoms. The minimum atomic E-state index is 0.269. The van der Waals surface area contributed by atoms with Crippen LogP contribution < -0.4 is 5.73 Å². The van der Waals surface area contributed by atoms with Crippen molar-refractivity contribution in [2.45, 2.75) is 0 Å². The Kier molecular flexibility index (Phi) is 2.84. The third-order valence-corrected chi connectivity index (χ3v) is 2.49. The number of nitriles is 1. The molecular formula is C11H7BrN4. The molecule has 0 bridgehead atoms. The number of anilines is 1. The SMILES string of the molecule is N#Cc1cc(N)nc(-c2ccc(Br)cc2)n1. The van der Waals surface area contributed by atoms with E-state index in [0.29, 0.717) is 11.6 Å². The van der Waals surface area contributed by atoms with Crippen molar-refractivity contribution < 1.29 is 0 Å². The third-order valence-electron chi connectivity index (χ3n) is 1.96. The Morgan fingerprint density at radius 3 is 2.50 bits per heavy atom. The second-order valence-electron chi connectivity index (χ2n) is 3.12. The van der Waals surface area contributed by atoms with Gasteiger partial charge in [-0.25, -0.2) is 9.97 Å². The molecule has 0 saturated heterocycles. The van der Waals surface area contributed by atoms with Crippen molar-refractivity contribution >= 4 is 21.7 Å². The summed E-state index contributed by atoms with van der Waals surface area (Å²) in [5, 5.41) is 8.77. The van der Waals surface area contributed by atoms with E-state index >= 15 is 0 Å². The molecule has 16 heavy (non-hydrogen) atoms. The monoisotopic (exact) mass is 274 g/mol. The normalized spacial score (nSPS) is 9.75. The molecule has 0 amide bonds. The smallest absolute Gasteiger partial charge is 0.162 e. The number of benzene rings is 1. The third kappa shape index (κ3) is 2.18. The Hall–Kier alpha value is -1.93. The average molecular weight is 275 g/mol. The van der Waals surface area contributed by atoms with Gasteiger partial charge in [-0.1, -0.05) is 28.1 Å². The molecule has 4 nitrogen and oxygen atoms in total. The van der Waals surface area contributed by atoms with Gasteiger partial charge in [0.05, 0.1) is 0 Å². The molecule has 1 aromatic carbocycles. The predicted octanol–water partition coefficient (Wildman–Crippen LogP) is 2.36. The van der Waals surface area contributed by atoms with Crippen molar-refractivity contribution in [1.82, 2.24) is 9.97 Å². The lowest BCUT2D eigenvalue weighted by molar-refractivity contribution is 1.15. The van der Waals surface area contributed by atoms with Gasteiger partial charge in [0.15, 0.2) is 5.82 Å². The number of halogens is 1. The van der Waals surface area contributed by atoms with Crippen molar-refractivity contribution in [3.8, 4) is 17.5 Å². The number of nitrogens with two attached hydrogens (primary N) is 1. The summed E-state index contributed by atoms with van der Waals surface area (Å²) in [5.74, 6) is 0.758. The maximum Gasteiger partial charge on any atom is 0.162 e. The minimum Gasteiger partial charge on any atom is -0.384 e. The Balaban J connectivity index is 2.52. The minimum absolute atomic E-state index is 0.269. The maximum atomic E-state index is 8.77. The summed E-state index contributed by atoms with van der Waals surface area (Å²) < 4.78 is 0.973. The topological polar surface area (TPSA) is 75.6 Å². The van der Waals surface area contributed by atoms with E-state index in [1.54, 1.807) is 0 Å². The first-order valence-corrected chi connectivity index (χ1v) is 5.29. The van der Waals surface area contributed by atoms with Crippen LogP contribution in [0.2, 0.25) is 0 Å². The highest BCUT2D eigenvalue weighted by atomic mass is 79.9. The lowest BCUT2D eigenvalue weighted by atomic mass is 10.2. The summed E-state index contributed by atoms with van der Waals surface area (Å²) in [5.41, 5.74) is 6.69. The molecule has 2 N–H and O–H groups in total. The zero-order valence-electron chi connectivity index (χ0n) is 8.18. The zero-order chi connectivity index (χ0) is 11.5. The van der Waals surface area contributed by atoms with Gasteiger partial charge in [-0.05, 0) is 12.1 Å². The van der Waals surface area contributed by atoms with Gasteiger partial charge >= 0.3 is 0 Å². The Morgan fingerprint density at radius 2 is 1.88 bits per heavy atom. The highest BCUT2D eigenvalue weighted by molar-refractivity contribution is 9.10. The Bertz CT molecular complexity index is 557. The summed E-state index contributed by atoms with van der Waals surface area (Å²) in [6.07, 6.45) is 0. The van der Waals surface area contributed by atoms with Gasteiger partial charge in [0, 0.05) is 16.1 Å².